The van der Waals surface area contributed by atoms with E-state index in [9.17, 15) is 19.8 Å². The summed E-state index contributed by atoms with van der Waals surface area (Å²) < 4.78 is 5.86. The standard InChI is InChI=1S/C48H85NO5/c1-4-7-10-13-16-19-21-23-25-28-30-33-36-39-44(54-48(53)41-38-35-32-29-26-24-22-20-17-14-11-8-5-2)42-47(52)49-45(43-50)46(51)40-37-34-31-27-18-15-12-9-6-3/h8,11,14,17,20,22,24,26,29,32,44-46,50-51H,4-7,9-10,12-13,15-16,18-19,21,23,25,27-28,30-31,33-43H2,1-3H3,(H,49,52)/b11-8+,17-14+,22-20-,26-24-,32-29+. The fraction of sp³-hybridized carbons (Fsp3) is 0.750. The van der Waals surface area contributed by atoms with Crippen LogP contribution in [0.5, 0.6) is 0 Å². The van der Waals surface area contributed by atoms with E-state index in [2.05, 4.69) is 32.2 Å². The van der Waals surface area contributed by atoms with E-state index in [1.54, 1.807) is 0 Å². The number of unbranched alkanes of at least 4 members (excludes halogenated alkanes) is 21. The molecule has 0 aromatic carbocycles. The van der Waals surface area contributed by atoms with Gasteiger partial charge in [-0.25, -0.2) is 0 Å². The van der Waals surface area contributed by atoms with Crippen LogP contribution in [0.15, 0.2) is 60.8 Å². The summed E-state index contributed by atoms with van der Waals surface area (Å²) in [6.45, 7) is 6.29. The third-order valence-electron chi connectivity index (χ3n) is 9.99. The first-order chi connectivity index (χ1) is 26.5. The minimum atomic E-state index is -0.797. The number of carbonyl (C=O) groups is 2. The van der Waals surface area contributed by atoms with Crippen molar-refractivity contribution in [3.05, 3.63) is 60.8 Å². The van der Waals surface area contributed by atoms with E-state index < -0.39 is 18.2 Å². The van der Waals surface area contributed by atoms with Crippen molar-refractivity contribution in [3.63, 3.8) is 0 Å². The zero-order valence-electron chi connectivity index (χ0n) is 35.3. The fourth-order valence-electron chi connectivity index (χ4n) is 6.58. The molecule has 0 spiro atoms. The van der Waals surface area contributed by atoms with E-state index in [-0.39, 0.29) is 24.9 Å². The van der Waals surface area contributed by atoms with E-state index in [0.717, 1.165) is 51.4 Å². The monoisotopic (exact) mass is 756 g/mol. The van der Waals surface area contributed by atoms with Gasteiger partial charge in [-0.2, -0.15) is 0 Å². The lowest BCUT2D eigenvalue weighted by Crippen LogP contribution is -2.46. The van der Waals surface area contributed by atoms with Crippen LogP contribution in [-0.4, -0.2) is 46.9 Å². The molecule has 0 aromatic heterocycles. The molecule has 312 valence electrons. The zero-order valence-corrected chi connectivity index (χ0v) is 35.3. The number of aliphatic hydroxyl groups excluding tert-OH is 2. The van der Waals surface area contributed by atoms with Crippen molar-refractivity contribution in [2.75, 3.05) is 6.61 Å². The van der Waals surface area contributed by atoms with Crippen LogP contribution < -0.4 is 5.32 Å². The van der Waals surface area contributed by atoms with E-state index in [4.69, 9.17) is 4.74 Å². The summed E-state index contributed by atoms with van der Waals surface area (Å²) in [6, 6.07) is -0.713. The Hall–Kier alpha value is -2.44. The molecule has 6 heteroatoms. The number of rotatable bonds is 39. The Morgan fingerprint density at radius 1 is 0.556 bits per heavy atom. The number of nitrogens with one attached hydrogen (secondary N) is 1. The second-order valence-corrected chi connectivity index (χ2v) is 15.2. The molecule has 0 bridgehead atoms. The summed E-state index contributed by atoms with van der Waals surface area (Å²) in [7, 11) is 0. The molecule has 3 atom stereocenters. The van der Waals surface area contributed by atoms with Crippen LogP contribution in [0.4, 0.5) is 0 Å². The van der Waals surface area contributed by atoms with Gasteiger partial charge in [-0.05, 0) is 38.5 Å². The largest absolute Gasteiger partial charge is 0.462 e. The molecule has 0 rings (SSSR count). The van der Waals surface area contributed by atoms with Gasteiger partial charge in [-0.3, -0.25) is 9.59 Å². The molecule has 0 saturated carbocycles. The predicted octanol–water partition coefficient (Wildman–Crippen LogP) is 12.9. The lowest BCUT2D eigenvalue weighted by Gasteiger charge is -2.24. The first-order valence-electron chi connectivity index (χ1n) is 22.6. The first kappa shape index (κ1) is 51.6. The molecule has 54 heavy (non-hydrogen) atoms. The third kappa shape index (κ3) is 36.5. The fourth-order valence-corrected chi connectivity index (χ4v) is 6.58. The molecular formula is C48H85NO5. The molecule has 0 aliphatic heterocycles. The molecule has 0 aliphatic rings. The van der Waals surface area contributed by atoms with Gasteiger partial charge in [0.2, 0.25) is 5.91 Å². The Morgan fingerprint density at radius 3 is 1.44 bits per heavy atom. The Balaban J connectivity index is 4.72. The zero-order chi connectivity index (χ0) is 39.6. The minimum absolute atomic E-state index is 0.0491. The van der Waals surface area contributed by atoms with Crippen molar-refractivity contribution in [3.8, 4) is 0 Å². The maximum atomic E-state index is 13.1. The van der Waals surface area contributed by atoms with Crippen molar-refractivity contribution in [1.82, 2.24) is 5.32 Å². The van der Waals surface area contributed by atoms with E-state index >= 15 is 0 Å². The molecular weight excluding hydrogens is 671 g/mol. The van der Waals surface area contributed by atoms with Crippen molar-refractivity contribution < 1.29 is 24.5 Å². The number of allylic oxidation sites excluding steroid dienone is 10. The van der Waals surface area contributed by atoms with Gasteiger partial charge in [0, 0.05) is 6.42 Å². The summed E-state index contributed by atoms with van der Waals surface area (Å²) >= 11 is 0. The molecule has 6 nitrogen and oxygen atoms in total. The second kappa shape index (κ2) is 41.7. The van der Waals surface area contributed by atoms with Crippen molar-refractivity contribution >= 4 is 11.9 Å². The average Bonchev–Trinajstić information content (AvgIpc) is 3.16. The first-order valence-corrected chi connectivity index (χ1v) is 22.6. The van der Waals surface area contributed by atoms with Crippen molar-refractivity contribution in [2.45, 2.75) is 225 Å². The number of hydrogen-bond acceptors (Lipinski definition) is 5. The molecule has 1 amide bonds. The van der Waals surface area contributed by atoms with E-state index in [1.807, 2.05) is 54.7 Å². The third-order valence-corrected chi connectivity index (χ3v) is 9.99. The number of ether oxygens (including phenoxy) is 1. The van der Waals surface area contributed by atoms with Gasteiger partial charge < -0.3 is 20.3 Å². The topological polar surface area (TPSA) is 95.9 Å². The van der Waals surface area contributed by atoms with Crippen LogP contribution in [-0.2, 0) is 14.3 Å². The Bertz CT molecular complexity index is 984. The molecule has 0 saturated heterocycles. The lowest BCUT2D eigenvalue weighted by molar-refractivity contribution is -0.151. The van der Waals surface area contributed by atoms with Gasteiger partial charge in [0.05, 0.1) is 25.2 Å². The van der Waals surface area contributed by atoms with Crippen LogP contribution in [0.3, 0.4) is 0 Å². The summed E-state index contributed by atoms with van der Waals surface area (Å²) in [4.78, 5) is 25.9. The van der Waals surface area contributed by atoms with Crippen molar-refractivity contribution in [1.29, 1.82) is 0 Å². The molecule has 3 N–H and O–H groups in total. The van der Waals surface area contributed by atoms with Gasteiger partial charge >= 0.3 is 5.97 Å². The van der Waals surface area contributed by atoms with Crippen LogP contribution in [0.2, 0.25) is 0 Å². The molecule has 0 aromatic rings. The SMILES string of the molecule is CC/C=C/C=C/C=C\C=C/C=C/CCCC(=O)OC(CCCCCCCCCCCCCCC)CC(=O)NC(CO)C(O)CCCCCCCCCCC. The lowest BCUT2D eigenvalue weighted by atomic mass is 10.0. The Morgan fingerprint density at radius 2 is 0.981 bits per heavy atom. The quantitative estimate of drug-likeness (QED) is 0.0330. The maximum Gasteiger partial charge on any atom is 0.306 e. The van der Waals surface area contributed by atoms with E-state index in [1.165, 1.54) is 103 Å². The summed E-state index contributed by atoms with van der Waals surface area (Å²) in [5, 5.41) is 23.6. The molecule has 0 heterocycles. The normalized spacial score (nSPS) is 13.9. The highest BCUT2D eigenvalue weighted by Crippen LogP contribution is 2.17. The van der Waals surface area contributed by atoms with E-state index in [0.29, 0.717) is 25.7 Å². The number of esters is 1. The van der Waals surface area contributed by atoms with Gasteiger partial charge in [-0.15, -0.1) is 0 Å². The minimum Gasteiger partial charge on any atom is -0.462 e. The summed E-state index contributed by atoms with van der Waals surface area (Å²) in [6.07, 6.45) is 50.0. The van der Waals surface area contributed by atoms with Crippen LogP contribution in [0, 0.1) is 0 Å². The smallest absolute Gasteiger partial charge is 0.306 e. The molecule has 3 unspecified atom stereocenters. The number of aliphatic hydroxyl groups is 2. The molecule has 0 fully saturated rings. The highest BCUT2D eigenvalue weighted by Gasteiger charge is 2.24. The second-order valence-electron chi connectivity index (χ2n) is 15.2. The summed E-state index contributed by atoms with van der Waals surface area (Å²) in [5.74, 6) is -0.563. The number of hydrogen-bond donors (Lipinski definition) is 3. The van der Waals surface area contributed by atoms with Crippen LogP contribution >= 0.6 is 0 Å². The maximum absolute atomic E-state index is 13.1. The Kier molecular flexibility index (Phi) is 39.8. The predicted molar refractivity (Wildman–Crippen MR) is 232 cm³/mol. The number of carbonyl (C=O) groups excluding carboxylic acids is 2. The van der Waals surface area contributed by atoms with Gasteiger partial charge in [0.25, 0.3) is 0 Å². The highest BCUT2D eigenvalue weighted by atomic mass is 16.5. The average molecular weight is 756 g/mol. The van der Waals surface area contributed by atoms with Crippen LogP contribution in [0.1, 0.15) is 207 Å². The Labute approximate surface area is 333 Å². The number of amides is 1. The highest BCUT2D eigenvalue weighted by molar-refractivity contribution is 5.77. The molecule has 0 radical (unpaired) electrons. The van der Waals surface area contributed by atoms with Crippen LogP contribution in [0.25, 0.3) is 0 Å². The van der Waals surface area contributed by atoms with Gasteiger partial charge in [0.15, 0.2) is 0 Å². The van der Waals surface area contributed by atoms with Gasteiger partial charge in [0.1, 0.15) is 6.10 Å². The summed E-state index contributed by atoms with van der Waals surface area (Å²) in [5.41, 5.74) is 0. The van der Waals surface area contributed by atoms with Gasteiger partial charge in [-0.1, -0.05) is 216 Å². The molecule has 0 aliphatic carbocycles. The van der Waals surface area contributed by atoms with Crippen molar-refractivity contribution in [2.24, 2.45) is 0 Å².